The summed E-state index contributed by atoms with van der Waals surface area (Å²) in [6, 6.07) is 0. The van der Waals surface area contributed by atoms with Crippen molar-refractivity contribution in [2.45, 2.75) is 39.0 Å². The highest BCUT2D eigenvalue weighted by atomic mass is 79.9. The quantitative estimate of drug-likeness (QED) is 0.597. The van der Waals surface area contributed by atoms with E-state index in [0.29, 0.717) is 0 Å². The van der Waals surface area contributed by atoms with E-state index in [0.717, 1.165) is 17.8 Å². The third-order valence-corrected chi connectivity index (χ3v) is 4.20. The largest absolute Gasteiger partial charge is 0.0854 e. The Hall–Kier alpha value is -0.0400. The van der Waals surface area contributed by atoms with Gasteiger partial charge in [-0.05, 0) is 54.3 Å². The second-order valence-electron chi connectivity index (χ2n) is 4.77. The Kier molecular flexibility index (Phi) is 3.48. The molecule has 0 saturated heterocycles. The van der Waals surface area contributed by atoms with E-state index < -0.39 is 0 Å². The highest BCUT2D eigenvalue weighted by Gasteiger charge is 2.22. The molecule has 0 spiro atoms. The van der Waals surface area contributed by atoms with Crippen LogP contribution in [0, 0.1) is 17.8 Å². The van der Waals surface area contributed by atoms with Crippen LogP contribution in [-0.2, 0) is 0 Å². The van der Waals surface area contributed by atoms with Crippen LogP contribution in [0.4, 0.5) is 0 Å². The van der Waals surface area contributed by atoms with Gasteiger partial charge in [0.2, 0.25) is 0 Å². The second-order valence-corrected chi connectivity index (χ2v) is 5.79. The second kappa shape index (κ2) is 4.65. The van der Waals surface area contributed by atoms with Gasteiger partial charge in [-0.1, -0.05) is 41.1 Å². The van der Waals surface area contributed by atoms with E-state index >= 15 is 0 Å². The van der Waals surface area contributed by atoms with Gasteiger partial charge in [0.1, 0.15) is 0 Å². The molecule has 0 heterocycles. The van der Waals surface area contributed by atoms with E-state index in [9.17, 15) is 0 Å². The maximum Gasteiger partial charge on any atom is -0.00862 e. The molecule has 0 aromatic carbocycles. The summed E-state index contributed by atoms with van der Waals surface area (Å²) in [5.41, 5.74) is 0. The molecule has 1 heteroatoms. The molecule has 0 aromatic heterocycles. The van der Waals surface area contributed by atoms with Gasteiger partial charge < -0.3 is 0 Å². The number of hydrogen-bond donors (Lipinski definition) is 0. The minimum atomic E-state index is 0.807. The molecule has 14 heavy (non-hydrogen) atoms. The van der Waals surface area contributed by atoms with Gasteiger partial charge in [-0.25, -0.2) is 0 Å². The van der Waals surface area contributed by atoms with Gasteiger partial charge in [0, 0.05) is 0 Å². The topological polar surface area (TPSA) is 0 Å². The average Bonchev–Trinajstić information content (AvgIpc) is 2.19. The van der Waals surface area contributed by atoms with E-state index in [1.165, 1.54) is 36.6 Å². The molecule has 0 amide bonds. The molecular formula is C13H19Br. The molecule has 0 saturated carbocycles. The van der Waals surface area contributed by atoms with Crippen molar-refractivity contribution in [2.24, 2.45) is 17.8 Å². The number of halogens is 1. The third-order valence-electron chi connectivity index (χ3n) is 3.54. The van der Waals surface area contributed by atoms with Crippen LogP contribution < -0.4 is 0 Å². The monoisotopic (exact) mass is 254 g/mol. The summed E-state index contributed by atoms with van der Waals surface area (Å²) >= 11 is 3.64. The molecule has 3 atom stereocenters. The first kappa shape index (κ1) is 10.5. The lowest BCUT2D eigenvalue weighted by Crippen LogP contribution is -2.17. The van der Waals surface area contributed by atoms with E-state index in [1.54, 1.807) is 0 Å². The Labute approximate surface area is 95.6 Å². The van der Waals surface area contributed by atoms with Crippen LogP contribution in [0.25, 0.3) is 0 Å². The van der Waals surface area contributed by atoms with Gasteiger partial charge >= 0.3 is 0 Å². The SMILES string of the molecule is C[C@H]1C=C[C@@H]([C@H]2C=C(Br)CCC2)CC1. The highest BCUT2D eigenvalue weighted by molar-refractivity contribution is 9.11. The summed E-state index contributed by atoms with van der Waals surface area (Å²) in [7, 11) is 0. The predicted molar refractivity (Wildman–Crippen MR) is 65.4 cm³/mol. The van der Waals surface area contributed by atoms with E-state index in [-0.39, 0.29) is 0 Å². The van der Waals surface area contributed by atoms with Gasteiger partial charge in [-0.2, -0.15) is 0 Å². The van der Waals surface area contributed by atoms with Gasteiger partial charge in [-0.15, -0.1) is 0 Å². The number of rotatable bonds is 1. The van der Waals surface area contributed by atoms with Crippen molar-refractivity contribution in [3.05, 3.63) is 22.7 Å². The zero-order chi connectivity index (χ0) is 9.97. The Bertz CT molecular complexity index is 252. The Balaban J connectivity index is 2.01. The van der Waals surface area contributed by atoms with Crippen LogP contribution in [0.1, 0.15) is 39.0 Å². The lowest BCUT2D eigenvalue weighted by molar-refractivity contribution is 0.359. The molecule has 0 N–H and O–H groups in total. The Morgan fingerprint density at radius 1 is 1.14 bits per heavy atom. The number of hydrogen-bond acceptors (Lipinski definition) is 0. The molecule has 0 aromatic rings. The fourth-order valence-corrected chi connectivity index (χ4v) is 3.20. The maximum absolute atomic E-state index is 3.64. The standard InChI is InChI=1S/C13H19Br/c1-10-5-7-11(8-6-10)12-3-2-4-13(14)9-12/h5,7,9-12H,2-4,6,8H2,1H3/t10-,11+,12+/m0/s1. The zero-order valence-corrected chi connectivity index (χ0v) is 10.5. The van der Waals surface area contributed by atoms with E-state index in [1.807, 2.05) is 0 Å². The van der Waals surface area contributed by atoms with Crippen molar-refractivity contribution in [2.75, 3.05) is 0 Å². The van der Waals surface area contributed by atoms with Gasteiger partial charge in [0.25, 0.3) is 0 Å². The molecule has 0 radical (unpaired) electrons. The molecule has 2 rings (SSSR count). The van der Waals surface area contributed by atoms with E-state index in [2.05, 4.69) is 41.1 Å². The van der Waals surface area contributed by atoms with Crippen molar-refractivity contribution in [3.63, 3.8) is 0 Å². The lowest BCUT2D eigenvalue weighted by atomic mass is 9.77. The van der Waals surface area contributed by atoms with Gasteiger partial charge in [0.05, 0.1) is 0 Å². The smallest absolute Gasteiger partial charge is 0.00862 e. The average molecular weight is 255 g/mol. The molecule has 0 bridgehead atoms. The Morgan fingerprint density at radius 3 is 2.64 bits per heavy atom. The molecular weight excluding hydrogens is 236 g/mol. The first-order valence-corrected chi connectivity index (χ1v) is 6.59. The fraction of sp³-hybridized carbons (Fsp3) is 0.692. The molecule has 2 aliphatic rings. The molecule has 0 nitrogen and oxygen atoms in total. The van der Waals surface area contributed by atoms with Crippen molar-refractivity contribution >= 4 is 15.9 Å². The van der Waals surface area contributed by atoms with Crippen LogP contribution in [0.3, 0.4) is 0 Å². The van der Waals surface area contributed by atoms with Crippen LogP contribution >= 0.6 is 15.9 Å². The fourth-order valence-electron chi connectivity index (χ4n) is 2.58. The van der Waals surface area contributed by atoms with Crippen molar-refractivity contribution in [3.8, 4) is 0 Å². The zero-order valence-electron chi connectivity index (χ0n) is 8.88. The summed E-state index contributed by atoms with van der Waals surface area (Å²) in [6.45, 7) is 2.32. The first-order valence-electron chi connectivity index (χ1n) is 5.80. The van der Waals surface area contributed by atoms with Crippen LogP contribution in [-0.4, -0.2) is 0 Å². The molecule has 0 fully saturated rings. The van der Waals surface area contributed by atoms with E-state index in [4.69, 9.17) is 0 Å². The van der Waals surface area contributed by atoms with Crippen molar-refractivity contribution in [1.29, 1.82) is 0 Å². The molecule has 0 unspecified atom stereocenters. The Morgan fingerprint density at radius 2 is 2.00 bits per heavy atom. The molecule has 0 aliphatic heterocycles. The summed E-state index contributed by atoms with van der Waals surface area (Å²) in [4.78, 5) is 0. The third kappa shape index (κ3) is 2.50. The van der Waals surface area contributed by atoms with Crippen LogP contribution in [0.15, 0.2) is 22.7 Å². The maximum atomic E-state index is 3.64. The highest BCUT2D eigenvalue weighted by Crippen LogP contribution is 2.36. The molecule has 2 aliphatic carbocycles. The lowest BCUT2D eigenvalue weighted by Gasteiger charge is -2.29. The van der Waals surface area contributed by atoms with Crippen LogP contribution in [0.5, 0.6) is 0 Å². The predicted octanol–water partition coefficient (Wildman–Crippen LogP) is 4.67. The van der Waals surface area contributed by atoms with Crippen molar-refractivity contribution < 1.29 is 0 Å². The minimum absolute atomic E-state index is 0.807. The number of allylic oxidation sites excluding steroid dienone is 4. The van der Waals surface area contributed by atoms with Gasteiger partial charge in [0.15, 0.2) is 0 Å². The summed E-state index contributed by atoms with van der Waals surface area (Å²) in [5, 5.41) is 0. The summed E-state index contributed by atoms with van der Waals surface area (Å²) in [6.07, 6.45) is 14.1. The normalized spacial score (nSPS) is 38.1. The molecule has 78 valence electrons. The van der Waals surface area contributed by atoms with Crippen LogP contribution in [0.2, 0.25) is 0 Å². The first-order chi connectivity index (χ1) is 6.75. The minimum Gasteiger partial charge on any atom is -0.0854 e. The van der Waals surface area contributed by atoms with Gasteiger partial charge in [-0.3, -0.25) is 0 Å². The summed E-state index contributed by atoms with van der Waals surface area (Å²) < 4.78 is 1.43. The van der Waals surface area contributed by atoms with Crippen molar-refractivity contribution in [1.82, 2.24) is 0 Å². The summed E-state index contributed by atoms with van der Waals surface area (Å²) in [5.74, 6) is 2.43.